The smallest absolute Gasteiger partial charge is 0.279 e. The predicted molar refractivity (Wildman–Crippen MR) is 80.6 cm³/mol. The van der Waals surface area contributed by atoms with E-state index in [0.29, 0.717) is 10.2 Å². The largest absolute Gasteiger partial charge is 0.289 e. The Morgan fingerprint density at radius 1 is 1.29 bits per heavy atom. The molecule has 0 spiro atoms. The Kier molecular flexibility index (Phi) is 4.24. The first-order valence-electron chi connectivity index (χ1n) is 5.69. The minimum Gasteiger partial charge on any atom is -0.279 e. The topological polar surface area (TPSA) is 102 Å². The van der Waals surface area contributed by atoms with E-state index >= 15 is 0 Å². The van der Waals surface area contributed by atoms with Crippen LogP contribution in [0.15, 0.2) is 45.9 Å². The minimum atomic E-state index is -4.08. The van der Waals surface area contributed by atoms with Crippen molar-refractivity contribution < 1.29 is 13.3 Å². The average Bonchev–Trinajstić information content (AvgIpc) is 2.37. The van der Waals surface area contributed by atoms with Gasteiger partial charge in [-0.2, -0.15) is 0 Å². The Hall–Kier alpha value is -2.00. The Morgan fingerprint density at radius 3 is 2.62 bits per heavy atom. The quantitative estimate of drug-likeness (QED) is 0.657. The van der Waals surface area contributed by atoms with Crippen molar-refractivity contribution in [3.05, 3.63) is 56.8 Å². The van der Waals surface area contributed by atoms with E-state index in [1.54, 1.807) is 6.92 Å². The molecule has 0 aliphatic heterocycles. The van der Waals surface area contributed by atoms with E-state index in [1.165, 1.54) is 30.5 Å². The van der Waals surface area contributed by atoms with Crippen molar-refractivity contribution in [2.24, 2.45) is 0 Å². The van der Waals surface area contributed by atoms with Crippen LogP contribution in [0.5, 0.6) is 0 Å². The molecule has 0 unspecified atom stereocenters. The third-order valence-corrected chi connectivity index (χ3v) is 4.46. The molecule has 0 aliphatic carbocycles. The lowest BCUT2D eigenvalue weighted by molar-refractivity contribution is -0.387. The van der Waals surface area contributed by atoms with Crippen molar-refractivity contribution in [3.63, 3.8) is 0 Å². The third kappa shape index (κ3) is 3.56. The van der Waals surface area contributed by atoms with Crippen molar-refractivity contribution in [2.45, 2.75) is 11.8 Å². The van der Waals surface area contributed by atoms with E-state index in [0.717, 1.165) is 6.07 Å². The predicted octanol–water partition coefficient (Wildman–Crippen LogP) is 2.86. The van der Waals surface area contributed by atoms with E-state index in [-0.39, 0.29) is 5.69 Å². The van der Waals surface area contributed by atoms with Crippen LogP contribution >= 0.6 is 15.9 Å². The number of hydrogen-bond acceptors (Lipinski definition) is 5. The summed E-state index contributed by atoms with van der Waals surface area (Å²) in [5.74, 6) is 0. The SMILES string of the molecule is Cc1cc(NS(=O)(=O)c2cc(Br)ccc2[N+](=O)[O-])ccn1. The van der Waals surface area contributed by atoms with Gasteiger partial charge in [0, 0.05) is 22.4 Å². The number of hydrogen-bond donors (Lipinski definition) is 1. The van der Waals surface area contributed by atoms with Crippen LogP contribution in [0.25, 0.3) is 0 Å². The summed E-state index contributed by atoms with van der Waals surface area (Å²) in [6, 6.07) is 6.73. The second-order valence-corrected chi connectivity index (χ2v) is 6.73. The first kappa shape index (κ1) is 15.4. The molecule has 1 heterocycles. The van der Waals surface area contributed by atoms with Gasteiger partial charge in [-0.25, -0.2) is 8.42 Å². The summed E-state index contributed by atoms with van der Waals surface area (Å²) in [7, 11) is -4.08. The molecule has 1 aromatic carbocycles. The van der Waals surface area contributed by atoms with E-state index < -0.39 is 25.5 Å². The first-order valence-corrected chi connectivity index (χ1v) is 7.96. The number of aromatic nitrogens is 1. The molecule has 0 atom stereocenters. The maximum atomic E-state index is 12.3. The van der Waals surface area contributed by atoms with Gasteiger partial charge < -0.3 is 0 Å². The number of nitro benzene ring substituents is 1. The van der Waals surface area contributed by atoms with Gasteiger partial charge in [0.25, 0.3) is 15.7 Å². The fourth-order valence-corrected chi connectivity index (χ4v) is 3.43. The van der Waals surface area contributed by atoms with Gasteiger partial charge >= 0.3 is 0 Å². The van der Waals surface area contributed by atoms with Crippen molar-refractivity contribution in [2.75, 3.05) is 4.72 Å². The number of nitro groups is 1. The lowest BCUT2D eigenvalue weighted by Gasteiger charge is -2.09. The molecule has 0 saturated carbocycles. The van der Waals surface area contributed by atoms with Crippen LogP contribution in [0.4, 0.5) is 11.4 Å². The highest BCUT2D eigenvalue weighted by Gasteiger charge is 2.26. The number of nitrogens with one attached hydrogen (secondary N) is 1. The molecule has 0 amide bonds. The highest BCUT2D eigenvalue weighted by atomic mass is 79.9. The number of halogens is 1. The number of aryl methyl sites for hydroxylation is 1. The summed E-state index contributed by atoms with van der Waals surface area (Å²) in [4.78, 5) is 13.8. The number of pyridine rings is 1. The van der Waals surface area contributed by atoms with Crippen molar-refractivity contribution in [1.29, 1.82) is 0 Å². The van der Waals surface area contributed by atoms with E-state index in [9.17, 15) is 18.5 Å². The summed E-state index contributed by atoms with van der Waals surface area (Å²) in [6.45, 7) is 1.71. The summed E-state index contributed by atoms with van der Waals surface area (Å²) in [5.41, 5.74) is 0.423. The molecule has 0 saturated heterocycles. The molecule has 1 N–H and O–H groups in total. The molecule has 0 bridgehead atoms. The van der Waals surface area contributed by atoms with Crippen LogP contribution in [-0.2, 0) is 10.0 Å². The average molecular weight is 372 g/mol. The van der Waals surface area contributed by atoms with Gasteiger partial charge in [0.05, 0.1) is 10.6 Å². The Balaban J connectivity index is 2.49. The van der Waals surface area contributed by atoms with Crippen LogP contribution in [0, 0.1) is 17.0 Å². The monoisotopic (exact) mass is 371 g/mol. The minimum absolute atomic E-state index is 0.289. The zero-order chi connectivity index (χ0) is 15.6. The molecule has 1 aromatic heterocycles. The number of rotatable bonds is 4. The molecule has 0 radical (unpaired) electrons. The van der Waals surface area contributed by atoms with Crippen LogP contribution in [-0.4, -0.2) is 18.3 Å². The molecule has 2 rings (SSSR count). The van der Waals surface area contributed by atoms with Gasteiger partial charge in [-0.3, -0.25) is 19.8 Å². The molecule has 7 nitrogen and oxygen atoms in total. The molecule has 0 aliphatic rings. The van der Waals surface area contributed by atoms with Gasteiger partial charge in [-0.1, -0.05) is 15.9 Å². The van der Waals surface area contributed by atoms with E-state index in [1.807, 2.05) is 0 Å². The fraction of sp³-hybridized carbons (Fsp3) is 0.0833. The lowest BCUT2D eigenvalue weighted by Crippen LogP contribution is -2.15. The highest BCUT2D eigenvalue weighted by Crippen LogP contribution is 2.28. The van der Waals surface area contributed by atoms with Gasteiger partial charge in [-0.15, -0.1) is 0 Å². The molecule has 0 fully saturated rings. The zero-order valence-electron chi connectivity index (χ0n) is 10.8. The van der Waals surface area contributed by atoms with Crippen molar-refractivity contribution in [1.82, 2.24) is 4.98 Å². The summed E-state index contributed by atoms with van der Waals surface area (Å²) >= 11 is 3.11. The van der Waals surface area contributed by atoms with Gasteiger partial charge in [0.2, 0.25) is 0 Å². The van der Waals surface area contributed by atoms with Gasteiger partial charge in [0.1, 0.15) is 0 Å². The fourth-order valence-electron chi connectivity index (χ4n) is 1.67. The number of sulfonamides is 1. The van der Waals surface area contributed by atoms with E-state index in [2.05, 4.69) is 25.6 Å². The highest BCUT2D eigenvalue weighted by molar-refractivity contribution is 9.10. The number of nitrogens with zero attached hydrogens (tertiary/aromatic N) is 2. The Morgan fingerprint density at radius 2 is 2.00 bits per heavy atom. The second-order valence-electron chi connectivity index (χ2n) is 4.16. The molecule has 2 aromatic rings. The maximum Gasteiger partial charge on any atom is 0.289 e. The van der Waals surface area contributed by atoms with Gasteiger partial charge in [0.15, 0.2) is 4.90 Å². The standard InChI is InChI=1S/C12H10BrN3O4S/c1-8-6-10(4-5-14-8)15-21(19,20)12-7-9(13)2-3-11(12)16(17)18/h2-7H,1H3,(H,14,15). The summed E-state index contributed by atoms with van der Waals surface area (Å²) in [6.07, 6.45) is 1.45. The number of anilines is 1. The van der Waals surface area contributed by atoms with Crippen molar-refractivity contribution >= 4 is 37.3 Å². The van der Waals surface area contributed by atoms with Crippen molar-refractivity contribution in [3.8, 4) is 0 Å². The van der Waals surface area contributed by atoms with Crippen LogP contribution in [0.2, 0.25) is 0 Å². The van der Waals surface area contributed by atoms with Crippen LogP contribution in [0.1, 0.15) is 5.69 Å². The molecular formula is C12H10BrN3O4S. The third-order valence-electron chi connectivity index (χ3n) is 2.56. The van der Waals surface area contributed by atoms with Gasteiger partial charge in [-0.05, 0) is 31.2 Å². The summed E-state index contributed by atoms with van der Waals surface area (Å²) < 4.78 is 27.4. The first-order chi connectivity index (χ1) is 9.79. The zero-order valence-corrected chi connectivity index (χ0v) is 13.2. The van der Waals surface area contributed by atoms with Crippen LogP contribution in [0.3, 0.4) is 0 Å². The van der Waals surface area contributed by atoms with Crippen LogP contribution < -0.4 is 4.72 Å². The molecular weight excluding hydrogens is 362 g/mol. The number of benzene rings is 1. The summed E-state index contributed by atoms with van der Waals surface area (Å²) in [5, 5.41) is 11.0. The maximum absolute atomic E-state index is 12.3. The second kappa shape index (κ2) is 5.78. The molecule has 21 heavy (non-hydrogen) atoms. The lowest BCUT2D eigenvalue weighted by atomic mass is 10.3. The Bertz CT molecular complexity index is 808. The Labute approximate surface area is 129 Å². The normalized spacial score (nSPS) is 11.1. The van der Waals surface area contributed by atoms with E-state index in [4.69, 9.17) is 0 Å². The molecule has 9 heteroatoms. The molecule has 110 valence electrons.